The zero-order valence-corrected chi connectivity index (χ0v) is 13.6. The van der Waals surface area contributed by atoms with Crippen molar-refractivity contribution in [1.29, 1.82) is 0 Å². The maximum Gasteiger partial charge on any atom is 0.339 e. The number of nitrogen functional groups attached to an aromatic ring is 1. The third-order valence-corrected chi connectivity index (χ3v) is 4.10. The van der Waals surface area contributed by atoms with Crippen molar-refractivity contribution >= 4 is 35.0 Å². The molecule has 23 heavy (non-hydrogen) atoms. The van der Waals surface area contributed by atoms with Crippen molar-refractivity contribution in [3.8, 4) is 0 Å². The van der Waals surface area contributed by atoms with Gasteiger partial charge in [-0.05, 0) is 36.4 Å². The fraction of sp³-hybridized carbons (Fsp3) is 0.176. The van der Waals surface area contributed by atoms with Crippen LogP contribution in [0.2, 0.25) is 0 Å². The van der Waals surface area contributed by atoms with E-state index in [-0.39, 0.29) is 5.91 Å². The number of rotatable bonds is 6. The van der Waals surface area contributed by atoms with Gasteiger partial charge in [0.1, 0.15) is 0 Å². The number of esters is 1. The minimum atomic E-state index is -0.475. The highest BCUT2D eigenvalue weighted by Crippen LogP contribution is 2.21. The number of carbonyl (C=O) groups is 2. The highest BCUT2D eigenvalue weighted by atomic mass is 32.2. The minimum Gasteiger partial charge on any atom is -0.465 e. The van der Waals surface area contributed by atoms with Gasteiger partial charge in [0.2, 0.25) is 5.91 Å². The molecule has 0 unspecified atom stereocenters. The van der Waals surface area contributed by atoms with E-state index in [1.165, 1.54) is 7.11 Å². The Morgan fingerprint density at radius 1 is 1.13 bits per heavy atom. The van der Waals surface area contributed by atoms with Gasteiger partial charge in [-0.3, -0.25) is 4.79 Å². The summed E-state index contributed by atoms with van der Waals surface area (Å²) in [4.78, 5) is 24.7. The lowest BCUT2D eigenvalue weighted by Crippen LogP contribution is -2.15. The summed E-state index contributed by atoms with van der Waals surface area (Å²) in [5.41, 5.74) is 7.14. The number of hydrogen-bond acceptors (Lipinski definition) is 5. The molecule has 0 bridgehead atoms. The molecule has 2 rings (SSSR count). The summed E-state index contributed by atoms with van der Waals surface area (Å²) >= 11 is 1.58. The second-order valence-electron chi connectivity index (χ2n) is 4.75. The fourth-order valence-electron chi connectivity index (χ4n) is 1.92. The van der Waals surface area contributed by atoms with E-state index < -0.39 is 5.97 Å². The molecule has 2 aromatic carbocycles. The first kappa shape index (κ1) is 16.9. The number of benzene rings is 2. The number of carbonyl (C=O) groups excluding carboxylic acids is 2. The van der Waals surface area contributed by atoms with Crippen LogP contribution in [0.3, 0.4) is 0 Å². The average molecular weight is 330 g/mol. The van der Waals surface area contributed by atoms with E-state index in [0.717, 1.165) is 4.90 Å². The van der Waals surface area contributed by atoms with Crippen molar-refractivity contribution in [1.82, 2.24) is 0 Å². The molecule has 0 aromatic heterocycles. The molecule has 1 amide bonds. The molecule has 0 atom stereocenters. The number of ether oxygens (including phenoxy) is 1. The summed E-state index contributed by atoms with van der Waals surface area (Å²) in [6.45, 7) is 0. The third-order valence-electron chi connectivity index (χ3n) is 3.08. The van der Waals surface area contributed by atoms with Gasteiger partial charge in [-0.1, -0.05) is 12.1 Å². The second-order valence-corrected chi connectivity index (χ2v) is 5.92. The molecule has 0 saturated heterocycles. The normalized spacial score (nSPS) is 10.1. The molecule has 0 fully saturated rings. The summed E-state index contributed by atoms with van der Waals surface area (Å²) in [7, 11) is 1.31. The average Bonchev–Trinajstić information content (AvgIpc) is 2.56. The molecular weight excluding hydrogens is 312 g/mol. The lowest BCUT2D eigenvalue weighted by atomic mass is 10.2. The van der Waals surface area contributed by atoms with Crippen LogP contribution in [0.15, 0.2) is 53.4 Å². The summed E-state index contributed by atoms with van der Waals surface area (Å²) in [5, 5.41) is 2.75. The van der Waals surface area contributed by atoms with Crippen LogP contribution in [0.1, 0.15) is 16.8 Å². The molecule has 0 aliphatic rings. The van der Waals surface area contributed by atoms with Crippen LogP contribution in [0, 0.1) is 0 Å². The van der Waals surface area contributed by atoms with Gasteiger partial charge in [0.05, 0.1) is 18.4 Å². The lowest BCUT2D eigenvalue weighted by Gasteiger charge is -2.09. The van der Waals surface area contributed by atoms with E-state index in [1.54, 1.807) is 36.0 Å². The minimum absolute atomic E-state index is 0.149. The van der Waals surface area contributed by atoms with Crippen molar-refractivity contribution in [2.45, 2.75) is 11.3 Å². The van der Waals surface area contributed by atoms with E-state index in [2.05, 4.69) is 5.32 Å². The summed E-state index contributed by atoms with van der Waals surface area (Å²) in [6.07, 6.45) is 0.338. The quantitative estimate of drug-likeness (QED) is 0.483. The Hall–Kier alpha value is -2.47. The predicted octanol–water partition coefficient (Wildman–Crippen LogP) is 3.18. The van der Waals surface area contributed by atoms with Crippen molar-refractivity contribution < 1.29 is 14.3 Å². The summed E-state index contributed by atoms with van der Waals surface area (Å²) in [6, 6.07) is 14.3. The Morgan fingerprint density at radius 2 is 1.83 bits per heavy atom. The zero-order chi connectivity index (χ0) is 16.7. The Balaban J connectivity index is 1.88. The Morgan fingerprint density at radius 3 is 2.52 bits per heavy atom. The third kappa shape index (κ3) is 5.03. The van der Waals surface area contributed by atoms with Crippen molar-refractivity contribution in [2.75, 3.05) is 23.9 Å². The number of hydrogen-bond donors (Lipinski definition) is 2. The van der Waals surface area contributed by atoms with Gasteiger partial charge in [0.15, 0.2) is 0 Å². The number of methoxy groups -OCH3 is 1. The van der Waals surface area contributed by atoms with Gasteiger partial charge >= 0.3 is 5.97 Å². The van der Waals surface area contributed by atoms with E-state index in [0.29, 0.717) is 29.1 Å². The zero-order valence-electron chi connectivity index (χ0n) is 12.7. The van der Waals surface area contributed by atoms with Crippen LogP contribution in [-0.4, -0.2) is 24.7 Å². The van der Waals surface area contributed by atoms with Crippen molar-refractivity contribution in [3.63, 3.8) is 0 Å². The molecule has 6 heteroatoms. The molecule has 2 aromatic rings. The first-order chi connectivity index (χ1) is 11.1. The maximum atomic E-state index is 12.0. The van der Waals surface area contributed by atoms with Gasteiger partial charge in [-0.25, -0.2) is 4.79 Å². The van der Waals surface area contributed by atoms with Gasteiger partial charge in [0.25, 0.3) is 0 Å². The number of para-hydroxylation sites is 1. The number of anilines is 2. The molecular formula is C17H18N2O3S. The molecule has 0 aliphatic heterocycles. The molecule has 0 saturated carbocycles. The molecule has 0 heterocycles. The summed E-state index contributed by atoms with van der Waals surface area (Å²) in [5.74, 6) is 0.0114. The van der Waals surface area contributed by atoms with Crippen LogP contribution < -0.4 is 11.1 Å². The largest absolute Gasteiger partial charge is 0.465 e. The van der Waals surface area contributed by atoms with Gasteiger partial charge in [-0.15, -0.1) is 11.8 Å². The second kappa shape index (κ2) is 8.24. The Kier molecular flexibility index (Phi) is 6.05. The highest BCUT2D eigenvalue weighted by Gasteiger charge is 2.13. The summed E-state index contributed by atoms with van der Waals surface area (Å²) < 4.78 is 4.70. The predicted molar refractivity (Wildman–Crippen MR) is 92.6 cm³/mol. The van der Waals surface area contributed by atoms with Crippen LogP contribution in [-0.2, 0) is 9.53 Å². The van der Waals surface area contributed by atoms with Crippen LogP contribution >= 0.6 is 11.8 Å². The standard InChI is InChI=1S/C17H18N2O3S/c1-22-17(21)14-4-2-3-5-15(14)19-16(20)10-11-23-13-8-6-12(18)7-9-13/h2-9H,10-11,18H2,1H3,(H,19,20). The molecule has 5 nitrogen and oxygen atoms in total. The van der Waals surface area contributed by atoms with E-state index in [1.807, 2.05) is 24.3 Å². The molecule has 120 valence electrons. The van der Waals surface area contributed by atoms with Gasteiger partial charge in [-0.2, -0.15) is 0 Å². The van der Waals surface area contributed by atoms with Gasteiger partial charge < -0.3 is 15.8 Å². The Bertz CT molecular complexity index is 686. The van der Waals surface area contributed by atoms with Crippen molar-refractivity contribution in [2.24, 2.45) is 0 Å². The number of nitrogens with two attached hydrogens (primary N) is 1. The fourth-order valence-corrected chi connectivity index (χ4v) is 2.77. The monoisotopic (exact) mass is 330 g/mol. The SMILES string of the molecule is COC(=O)c1ccccc1NC(=O)CCSc1ccc(N)cc1. The first-order valence-electron chi connectivity index (χ1n) is 7.05. The van der Waals surface area contributed by atoms with E-state index in [4.69, 9.17) is 10.5 Å². The maximum absolute atomic E-state index is 12.0. The van der Waals surface area contributed by atoms with E-state index in [9.17, 15) is 9.59 Å². The van der Waals surface area contributed by atoms with Crippen LogP contribution in [0.4, 0.5) is 11.4 Å². The lowest BCUT2D eigenvalue weighted by molar-refractivity contribution is -0.115. The topological polar surface area (TPSA) is 81.4 Å². The van der Waals surface area contributed by atoms with Gasteiger partial charge in [0, 0.05) is 22.8 Å². The molecule has 3 N–H and O–H groups in total. The smallest absolute Gasteiger partial charge is 0.339 e. The Labute approximate surface area is 139 Å². The number of nitrogens with one attached hydrogen (secondary N) is 1. The number of thioether (sulfide) groups is 1. The van der Waals surface area contributed by atoms with Crippen LogP contribution in [0.5, 0.6) is 0 Å². The van der Waals surface area contributed by atoms with Crippen molar-refractivity contribution in [3.05, 3.63) is 54.1 Å². The molecule has 0 aliphatic carbocycles. The molecule has 0 spiro atoms. The number of amides is 1. The molecule has 0 radical (unpaired) electrons. The van der Waals surface area contributed by atoms with Crippen LogP contribution in [0.25, 0.3) is 0 Å². The van der Waals surface area contributed by atoms with E-state index >= 15 is 0 Å². The first-order valence-corrected chi connectivity index (χ1v) is 8.04. The highest BCUT2D eigenvalue weighted by molar-refractivity contribution is 7.99.